The van der Waals surface area contributed by atoms with Gasteiger partial charge in [-0.2, -0.15) is 0 Å². The Labute approximate surface area is 191 Å². The molecular weight excluding hydrogens is 431 g/mol. The van der Waals surface area contributed by atoms with Crippen molar-refractivity contribution in [3.05, 3.63) is 65.7 Å². The molecule has 4 saturated carbocycles. The fraction of sp³-hybridized carbons (Fsp3) is 0.500. The molecular formula is C26H28F3NO3. The smallest absolute Gasteiger partial charge is 0.406 e. The van der Waals surface area contributed by atoms with Crippen molar-refractivity contribution in [2.75, 3.05) is 0 Å². The van der Waals surface area contributed by atoms with E-state index in [0.29, 0.717) is 35.7 Å². The summed E-state index contributed by atoms with van der Waals surface area (Å²) >= 11 is 0. The van der Waals surface area contributed by atoms with E-state index >= 15 is 0 Å². The van der Waals surface area contributed by atoms with Gasteiger partial charge >= 0.3 is 6.36 Å². The third-order valence-electron chi connectivity index (χ3n) is 8.18. The van der Waals surface area contributed by atoms with Crippen LogP contribution >= 0.6 is 0 Å². The standard InChI is InChI=1S/C26H28F3NO3/c27-26(28,29)33-22-8-6-16(7-9-22)15-30-23(31)14-25(19-4-2-1-3-5-19)20-10-17-11-21(25)13-18(12-20)24(17)32/h1-9,17-18,20-21,24,32H,10-15H2,(H,30,31). The van der Waals surface area contributed by atoms with Gasteiger partial charge in [-0.15, -0.1) is 13.2 Å². The number of carbonyl (C=O) groups is 1. The summed E-state index contributed by atoms with van der Waals surface area (Å²) < 4.78 is 40.9. The molecule has 0 spiro atoms. The lowest BCUT2D eigenvalue weighted by atomic mass is 9.42. The van der Waals surface area contributed by atoms with Gasteiger partial charge in [0.2, 0.25) is 5.91 Å². The zero-order chi connectivity index (χ0) is 23.2. The van der Waals surface area contributed by atoms with Crippen LogP contribution in [0.15, 0.2) is 54.6 Å². The van der Waals surface area contributed by atoms with E-state index < -0.39 is 6.36 Å². The summed E-state index contributed by atoms with van der Waals surface area (Å²) in [5.74, 6) is 1.08. The Balaban J connectivity index is 1.30. The molecule has 4 aliphatic carbocycles. The van der Waals surface area contributed by atoms with Crippen LogP contribution in [0.3, 0.4) is 0 Å². The predicted molar refractivity (Wildman–Crippen MR) is 116 cm³/mol. The van der Waals surface area contributed by atoms with Crippen molar-refractivity contribution in [2.24, 2.45) is 23.7 Å². The molecule has 0 unspecified atom stereocenters. The number of ether oxygens (including phenoxy) is 1. The first-order valence-corrected chi connectivity index (χ1v) is 11.6. The van der Waals surface area contributed by atoms with Crippen LogP contribution in [-0.2, 0) is 16.8 Å². The van der Waals surface area contributed by atoms with Gasteiger partial charge in [0, 0.05) is 18.4 Å². The summed E-state index contributed by atoms with van der Waals surface area (Å²) in [6, 6.07) is 15.9. The number of carbonyl (C=O) groups excluding carboxylic acids is 1. The minimum atomic E-state index is -4.73. The lowest BCUT2D eigenvalue weighted by Gasteiger charge is -2.63. The van der Waals surface area contributed by atoms with Gasteiger partial charge in [0.15, 0.2) is 0 Å². The first-order valence-electron chi connectivity index (χ1n) is 11.6. The van der Waals surface area contributed by atoms with E-state index in [2.05, 4.69) is 22.2 Å². The monoisotopic (exact) mass is 459 g/mol. The van der Waals surface area contributed by atoms with Crippen LogP contribution in [0, 0.1) is 23.7 Å². The predicted octanol–water partition coefficient (Wildman–Crippen LogP) is 4.96. The van der Waals surface area contributed by atoms with E-state index in [4.69, 9.17) is 0 Å². The fourth-order valence-electron chi connectivity index (χ4n) is 6.91. The highest BCUT2D eigenvalue weighted by atomic mass is 19.4. The first kappa shape index (κ1) is 22.3. The maximum absolute atomic E-state index is 13.2. The lowest BCUT2D eigenvalue weighted by molar-refractivity contribution is -0.274. The number of hydrogen-bond donors (Lipinski definition) is 2. The number of amides is 1. The summed E-state index contributed by atoms with van der Waals surface area (Å²) in [5.41, 5.74) is 1.68. The van der Waals surface area contributed by atoms with E-state index in [9.17, 15) is 23.1 Å². The van der Waals surface area contributed by atoms with Crippen LogP contribution < -0.4 is 10.1 Å². The Morgan fingerprint density at radius 2 is 1.55 bits per heavy atom. The van der Waals surface area contributed by atoms with Gasteiger partial charge in [-0.05, 0) is 72.6 Å². The summed E-state index contributed by atoms with van der Waals surface area (Å²) in [7, 11) is 0. The number of hydrogen-bond acceptors (Lipinski definition) is 3. The maximum atomic E-state index is 13.2. The second kappa shape index (κ2) is 8.35. The Morgan fingerprint density at radius 3 is 2.09 bits per heavy atom. The highest BCUT2D eigenvalue weighted by Crippen LogP contribution is 2.64. The van der Waals surface area contributed by atoms with Crippen LogP contribution in [0.4, 0.5) is 13.2 Å². The molecule has 0 aliphatic heterocycles. The van der Waals surface area contributed by atoms with E-state index in [1.807, 2.05) is 18.2 Å². The molecule has 7 heteroatoms. The van der Waals surface area contributed by atoms with Gasteiger partial charge in [-0.1, -0.05) is 42.5 Å². The van der Waals surface area contributed by atoms with Crippen molar-refractivity contribution in [3.8, 4) is 5.75 Å². The van der Waals surface area contributed by atoms with E-state index in [-0.39, 0.29) is 29.7 Å². The minimum Gasteiger partial charge on any atom is -0.406 e. The summed E-state index contributed by atoms with van der Waals surface area (Å²) in [6.45, 7) is 0.245. The van der Waals surface area contributed by atoms with Gasteiger partial charge in [0.05, 0.1) is 6.10 Å². The number of nitrogens with one attached hydrogen (secondary N) is 1. The SMILES string of the molecule is O=C(CC1(c2ccccc2)C2CC3CC1CC(C2)C3O)NCc1ccc(OC(F)(F)F)cc1. The number of rotatable bonds is 6. The van der Waals surface area contributed by atoms with Crippen LogP contribution in [0.1, 0.15) is 43.2 Å². The molecule has 4 fully saturated rings. The fourth-order valence-corrected chi connectivity index (χ4v) is 6.91. The quantitative estimate of drug-likeness (QED) is 0.642. The van der Waals surface area contributed by atoms with E-state index in [1.54, 1.807) is 0 Å². The summed E-state index contributed by atoms with van der Waals surface area (Å²) in [4.78, 5) is 13.2. The van der Waals surface area contributed by atoms with Crippen molar-refractivity contribution in [1.29, 1.82) is 0 Å². The van der Waals surface area contributed by atoms with Crippen LogP contribution in [0.25, 0.3) is 0 Å². The average Bonchev–Trinajstić information content (AvgIpc) is 2.77. The Kier molecular flexibility index (Phi) is 5.63. The first-order chi connectivity index (χ1) is 15.7. The van der Waals surface area contributed by atoms with Gasteiger partial charge < -0.3 is 15.2 Å². The molecule has 33 heavy (non-hydrogen) atoms. The molecule has 4 nitrogen and oxygen atoms in total. The molecule has 6 rings (SSSR count). The van der Waals surface area contributed by atoms with Gasteiger partial charge in [-0.3, -0.25) is 4.79 Å². The summed E-state index contributed by atoms with van der Waals surface area (Å²) in [6.07, 6.45) is -0.723. The molecule has 1 amide bonds. The molecule has 0 radical (unpaired) electrons. The van der Waals surface area contributed by atoms with Crippen LogP contribution in [-0.4, -0.2) is 23.5 Å². The highest BCUT2D eigenvalue weighted by molar-refractivity contribution is 5.78. The number of alkyl halides is 3. The van der Waals surface area contributed by atoms with Crippen molar-refractivity contribution in [2.45, 2.75) is 56.5 Å². The third kappa shape index (κ3) is 4.23. The molecule has 176 valence electrons. The average molecular weight is 460 g/mol. The zero-order valence-electron chi connectivity index (χ0n) is 18.2. The normalized spacial score (nSPS) is 32.5. The maximum Gasteiger partial charge on any atom is 0.573 e. The molecule has 2 aromatic rings. The molecule has 0 aromatic heterocycles. The van der Waals surface area contributed by atoms with Crippen molar-refractivity contribution in [1.82, 2.24) is 5.32 Å². The Morgan fingerprint density at radius 1 is 0.970 bits per heavy atom. The van der Waals surface area contributed by atoms with Crippen LogP contribution in [0.2, 0.25) is 0 Å². The highest BCUT2D eigenvalue weighted by Gasteiger charge is 2.60. The molecule has 4 aliphatic rings. The van der Waals surface area contributed by atoms with Gasteiger partial charge in [0.1, 0.15) is 5.75 Å². The number of benzene rings is 2. The molecule has 2 aromatic carbocycles. The number of aliphatic hydroxyl groups excluding tert-OH is 1. The van der Waals surface area contributed by atoms with Crippen molar-refractivity contribution < 1.29 is 27.8 Å². The number of halogens is 3. The van der Waals surface area contributed by atoms with Gasteiger partial charge in [0.25, 0.3) is 0 Å². The van der Waals surface area contributed by atoms with E-state index in [0.717, 1.165) is 25.7 Å². The largest absolute Gasteiger partial charge is 0.573 e. The zero-order valence-corrected chi connectivity index (χ0v) is 18.2. The molecule has 4 bridgehead atoms. The second-order valence-corrected chi connectivity index (χ2v) is 9.90. The third-order valence-corrected chi connectivity index (χ3v) is 8.18. The minimum absolute atomic E-state index is 0.0532. The second-order valence-electron chi connectivity index (χ2n) is 9.90. The molecule has 0 atom stereocenters. The molecule has 2 N–H and O–H groups in total. The Hall–Kier alpha value is -2.54. The molecule has 0 saturated heterocycles. The van der Waals surface area contributed by atoms with Crippen LogP contribution in [0.5, 0.6) is 5.75 Å². The molecule has 0 heterocycles. The summed E-state index contributed by atoms with van der Waals surface area (Å²) in [5, 5.41) is 13.6. The van der Waals surface area contributed by atoms with Crippen molar-refractivity contribution in [3.63, 3.8) is 0 Å². The van der Waals surface area contributed by atoms with E-state index in [1.165, 1.54) is 29.8 Å². The lowest BCUT2D eigenvalue weighted by Crippen LogP contribution is -2.61. The Bertz CT molecular complexity index is 960. The van der Waals surface area contributed by atoms with Crippen molar-refractivity contribution >= 4 is 5.91 Å². The number of aliphatic hydroxyl groups is 1. The topological polar surface area (TPSA) is 58.6 Å². The van der Waals surface area contributed by atoms with Gasteiger partial charge in [-0.25, -0.2) is 0 Å².